The summed E-state index contributed by atoms with van der Waals surface area (Å²) in [5, 5.41) is 13.9. The minimum absolute atomic E-state index is 0.0418. The molecule has 0 saturated heterocycles. The maximum atomic E-state index is 12.0. The van der Waals surface area contributed by atoms with Crippen molar-refractivity contribution >= 4 is 11.7 Å². The van der Waals surface area contributed by atoms with Crippen LogP contribution in [0.2, 0.25) is 0 Å². The van der Waals surface area contributed by atoms with Crippen molar-refractivity contribution in [1.29, 1.82) is 0 Å². The zero-order valence-electron chi connectivity index (χ0n) is 12.2. The number of rotatable bonds is 7. The van der Waals surface area contributed by atoms with Crippen LogP contribution in [-0.4, -0.2) is 44.8 Å². The molecule has 0 unspecified atom stereocenters. The maximum absolute atomic E-state index is 12.0. The van der Waals surface area contributed by atoms with E-state index in [1.165, 1.54) is 21.3 Å². The van der Waals surface area contributed by atoms with E-state index >= 15 is 0 Å². The monoisotopic (exact) mass is 297 g/mol. The third-order valence-corrected chi connectivity index (χ3v) is 2.72. The van der Waals surface area contributed by atoms with Gasteiger partial charge in [-0.2, -0.15) is 0 Å². The molecule has 1 amide bonds. The van der Waals surface area contributed by atoms with Crippen LogP contribution in [-0.2, 0) is 0 Å². The number of carbonyl (C=O) groups is 1. The standard InChI is InChI=1S/C13H19N3O5/c1-19-9-6-8(7-10(20-2)12(9)21-3)13(17)15-5-4-11(14)16-18/h6-7,18H,4-5H2,1-3H3,(H2,14,16)(H,15,17). The number of hydrogen-bond acceptors (Lipinski definition) is 6. The number of nitrogens with two attached hydrogens (primary N) is 1. The minimum atomic E-state index is -0.333. The summed E-state index contributed by atoms with van der Waals surface area (Å²) in [4.78, 5) is 12.0. The highest BCUT2D eigenvalue weighted by atomic mass is 16.5. The Labute approximate surface area is 122 Å². The van der Waals surface area contributed by atoms with Crippen LogP contribution in [0, 0.1) is 0 Å². The second-order valence-electron chi connectivity index (χ2n) is 4.01. The molecule has 4 N–H and O–H groups in total. The highest BCUT2D eigenvalue weighted by molar-refractivity contribution is 5.96. The van der Waals surface area contributed by atoms with Gasteiger partial charge in [0.05, 0.1) is 21.3 Å². The van der Waals surface area contributed by atoms with E-state index in [0.717, 1.165) is 0 Å². The molecule has 1 rings (SSSR count). The average molecular weight is 297 g/mol. The van der Waals surface area contributed by atoms with Crippen LogP contribution in [0.4, 0.5) is 0 Å². The first-order valence-corrected chi connectivity index (χ1v) is 6.12. The van der Waals surface area contributed by atoms with Gasteiger partial charge in [0.15, 0.2) is 11.5 Å². The van der Waals surface area contributed by atoms with Crippen LogP contribution >= 0.6 is 0 Å². The van der Waals surface area contributed by atoms with Crippen molar-refractivity contribution in [3.8, 4) is 17.2 Å². The Bertz CT molecular complexity index is 506. The number of amidine groups is 1. The van der Waals surface area contributed by atoms with E-state index in [9.17, 15) is 4.79 Å². The van der Waals surface area contributed by atoms with E-state index in [0.29, 0.717) is 22.8 Å². The number of benzene rings is 1. The molecule has 1 aromatic rings. The van der Waals surface area contributed by atoms with Gasteiger partial charge < -0.3 is 30.5 Å². The van der Waals surface area contributed by atoms with Crippen LogP contribution in [0.3, 0.4) is 0 Å². The largest absolute Gasteiger partial charge is 0.493 e. The van der Waals surface area contributed by atoms with Gasteiger partial charge in [0.1, 0.15) is 5.84 Å². The van der Waals surface area contributed by atoms with Gasteiger partial charge >= 0.3 is 0 Å². The number of carbonyl (C=O) groups excluding carboxylic acids is 1. The molecule has 0 atom stereocenters. The molecule has 0 bridgehead atoms. The smallest absolute Gasteiger partial charge is 0.251 e. The molecule has 0 aromatic heterocycles. The molecule has 0 heterocycles. The number of ether oxygens (including phenoxy) is 3. The number of oxime groups is 1. The summed E-state index contributed by atoms with van der Waals surface area (Å²) in [5.41, 5.74) is 5.67. The van der Waals surface area contributed by atoms with Crippen molar-refractivity contribution in [3.63, 3.8) is 0 Å². The van der Waals surface area contributed by atoms with E-state index in [1.54, 1.807) is 12.1 Å². The molecule has 0 spiro atoms. The third kappa shape index (κ3) is 4.16. The second-order valence-corrected chi connectivity index (χ2v) is 4.01. The molecule has 0 aliphatic heterocycles. The van der Waals surface area contributed by atoms with Crippen LogP contribution in [0.5, 0.6) is 17.2 Å². The third-order valence-electron chi connectivity index (χ3n) is 2.72. The quantitative estimate of drug-likeness (QED) is 0.293. The predicted molar refractivity (Wildman–Crippen MR) is 76.5 cm³/mol. The van der Waals surface area contributed by atoms with Crippen molar-refractivity contribution in [1.82, 2.24) is 5.32 Å². The zero-order valence-corrected chi connectivity index (χ0v) is 12.2. The molecule has 0 aliphatic rings. The predicted octanol–water partition coefficient (Wildman–Crippen LogP) is 0.579. The minimum Gasteiger partial charge on any atom is -0.493 e. The summed E-state index contributed by atoms with van der Waals surface area (Å²) in [6.07, 6.45) is 0.243. The molecule has 8 heteroatoms. The van der Waals surface area contributed by atoms with Gasteiger partial charge in [-0.1, -0.05) is 5.16 Å². The Balaban J connectivity index is 2.89. The topological polar surface area (TPSA) is 115 Å². The van der Waals surface area contributed by atoms with Gasteiger partial charge in [0.2, 0.25) is 5.75 Å². The van der Waals surface area contributed by atoms with E-state index in [2.05, 4.69) is 10.5 Å². The molecule has 0 fully saturated rings. The van der Waals surface area contributed by atoms with Crippen molar-refractivity contribution in [3.05, 3.63) is 17.7 Å². The van der Waals surface area contributed by atoms with E-state index in [4.69, 9.17) is 25.2 Å². The Kier molecular flexibility index (Phi) is 6.12. The molecule has 0 radical (unpaired) electrons. The Hall–Kier alpha value is -2.64. The number of hydrogen-bond donors (Lipinski definition) is 3. The van der Waals surface area contributed by atoms with Gasteiger partial charge in [-0.05, 0) is 12.1 Å². The first-order valence-electron chi connectivity index (χ1n) is 6.12. The van der Waals surface area contributed by atoms with E-state index < -0.39 is 0 Å². The number of methoxy groups -OCH3 is 3. The lowest BCUT2D eigenvalue weighted by atomic mass is 10.1. The van der Waals surface area contributed by atoms with Crippen LogP contribution < -0.4 is 25.3 Å². The summed E-state index contributed by atoms with van der Waals surface area (Å²) in [5.74, 6) is 0.894. The maximum Gasteiger partial charge on any atom is 0.251 e. The van der Waals surface area contributed by atoms with Gasteiger partial charge in [-0.25, -0.2) is 0 Å². The van der Waals surface area contributed by atoms with Crippen LogP contribution in [0.15, 0.2) is 17.3 Å². The summed E-state index contributed by atoms with van der Waals surface area (Å²) in [6, 6.07) is 3.08. The van der Waals surface area contributed by atoms with Crippen molar-refractivity contribution in [2.45, 2.75) is 6.42 Å². The number of amides is 1. The zero-order chi connectivity index (χ0) is 15.8. The van der Waals surface area contributed by atoms with Gasteiger partial charge in [0.25, 0.3) is 5.91 Å². The van der Waals surface area contributed by atoms with E-state index in [-0.39, 0.29) is 24.7 Å². The fourth-order valence-corrected chi connectivity index (χ4v) is 1.67. The molecule has 0 saturated carbocycles. The fourth-order valence-electron chi connectivity index (χ4n) is 1.67. The summed E-state index contributed by atoms with van der Waals surface area (Å²) in [6.45, 7) is 0.241. The SMILES string of the molecule is COc1cc(C(=O)NCCC(N)=NO)cc(OC)c1OC. The van der Waals surface area contributed by atoms with Crippen molar-refractivity contribution < 1.29 is 24.2 Å². The molecular formula is C13H19N3O5. The Morgan fingerprint density at radius 2 is 1.81 bits per heavy atom. The molecule has 8 nitrogen and oxygen atoms in total. The van der Waals surface area contributed by atoms with Crippen LogP contribution in [0.1, 0.15) is 16.8 Å². The van der Waals surface area contributed by atoms with Gasteiger partial charge in [-0.3, -0.25) is 4.79 Å². The van der Waals surface area contributed by atoms with E-state index in [1.807, 2.05) is 0 Å². The number of nitrogens with zero attached hydrogens (tertiary/aromatic N) is 1. The van der Waals surface area contributed by atoms with Gasteiger partial charge in [0, 0.05) is 18.5 Å². The Morgan fingerprint density at radius 1 is 1.24 bits per heavy atom. The van der Waals surface area contributed by atoms with Crippen LogP contribution in [0.25, 0.3) is 0 Å². The summed E-state index contributed by atoms with van der Waals surface area (Å²) >= 11 is 0. The molecule has 116 valence electrons. The lowest BCUT2D eigenvalue weighted by molar-refractivity contribution is 0.0954. The molecule has 1 aromatic carbocycles. The lowest BCUT2D eigenvalue weighted by Gasteiger charge is -2.14. The first-order chi connectivity index (χ1) is 10.1. The second kappa shape index (κ2) is 7.83. The van der Waals surface area contributed by atoms with Crippen molar-refractivity contribution in [2.24, 2.45) is 10.9 Å². The van der Waals surface area contributed by atoms with Crippen molar-refractivity contribution in [2.75, 3.05) is 27.9 Å². The summed E-state index contributed by atoms with van der Waals surface area (Å²) in [7, 11) is 4.42. The lowest BCUT2D eigenvalue weighted by Crippen LogP contribution is -2.28. The first kappa shape index (κ1) is 16.4. The summed E-state index contributed by atoms with van der Waals surface area (Å²) < 4.78 is 15.5. The molecule has 0 aliphatic carbocycles. The van der Waals surface area contributed by atoms with Gasteiger partial charge in [-0.15, -0.1) is 0 Å². The normalized spacial score (nSPS) is 10.9. The highest BCUT2D eigenvalue weighted by Crippen LogP contribution is 2.38. The Morgan fingerprint density at radius 3 is 2.24 bits per heavy atom. The number of nitrogens with one attached hydrogen (secondary N) is 1. The fraction of sp³-hybridized carbons (Fsp3) is 0.385. The average Bonchev–Trinajstić information content (AvgIpc) is 2.52. The molecule has 21 heavy (non-hydrogen) atoms. The molecular weight excluding hydrogens is 278 g/mol. The highest BCUT2D eigenvalue weighted by Gasteiger charge is 2.16.